The summed E-state index contributed by atoms with van der Waals surface area (Å²) in [6.45, 7) is 0. The highest BCUT2D eigenvalue weighted by molar-refractivity contribution is 9.10. The van der Waals surface area contributed by atoms with Gasteiger partial charge in [-0.1, -0.05) is 15.9 Å². The molecule has 0 spiro atoms. The van der Waals surface area contributed by atoms with Gasteiger partial charge in [0.05, 0.1) is 16.8 Å². The van der Waals surface area contributed by atoms with Crippen LogP contribution in [0.15, 0.2) is 40.9 Å². The van der Waals surface area contributed by atoms with Gasteiger partial charge >= 0.3 is 0 Å². The summed E-state index contributed by atoms with van der Waals surface area (Å²) in [5.41, 5.74) is 6.46. The number of carbonyl (C=O) groups is 1. The van der Waals surface area contributed by atoms with E-state index in [0.29, 0.717) is 15.7 Å². The van der Waals surface area contributed by atoms with Crippen LogP contribution in [0.5, 0.6) is 0 Å². The standard InChI is InChI=1S/C14H9BrFN3O/c15-9-2-1-8(7-17)13(5-9)19-14(20)11-6-10(16)3-4-12(11)18/h1-6H,18H2,(H,19,20). The van der Waals surface area contributed by atoms with Crippen LogP contribution in [0.4, 0.5) is 15.8 Å². The van der Waals surface area contributed by atoms with E-state index in [1.54, 1.807) is 18.2 Å². The molecule has 100 valence electrons. The van der Waals surface area contributed by atoms with Crippen molar-refractivity contribution in [2.45, 2.75) is 0 Å². The number of carbonyl (C=O) groups excluding carboxylic acids is 1. The zero-order chi connectivity index (χ0) is 14.7. The summed E-state index contributed by atoms with van der Waals surface area (Å²) in [5.74, 6) is -1.13. The molecule has 0 aromatic heterocycles. The van der Waals surface area contributed by atoms with Crippen LogP contribution >= 0.6 is 15.9 Å². The number of hydrogen-bond donors (Lipinski definition) is 2. The molecule has 6 heteroatoms. The molecule has 0 aliphatic heterocycles. The third-order valence-electron chi connectivity index (χ3n) is 2.61. The van der Waals surface area contributed by atoms with Gasteiger partial charge in [0.1, 0.15) is 11.9 Å². The van der Waals surface area contributed by atoms with Gasteiger partial charge in [0.2, 0.25) is 0 Å². The van der Waals surface area contributed by atoms with Gasteiger partial charge in [-0.2, -0.15) is 5.26 Å². The minimum Gasteiger partial charge on any atom is -0.398 e. The summed E-state index contributed by atoms with van der Waals surface area (Å²) >= 11 is 3.25. The third kappa shape index (κ3) is 2.95. The van der Waals surface area contributed by atoms with Crippen molar-refractivity contribution < 1.29 is 9.18 Å². The largest absolute Gasteiger partial charge is 0.398 e. The first kappa shape index (κ1) is 14.0. The highest BCUT2D eigenvalue weighted by Crippen LogP contribution is 2.22. The molecule has 1 amide bonds. The monoisotopic (exact) mass is 333 g/mol. The number of anilines is 2. The van der Waals surface area contributed by atoms with Gasteiger partial charge in [-0.05, 0) is 36.4 Å². The van der Waals surface area contributed by atoms with Crippen LogP contribution in [0.2, 0.25) is 0 Å². The molecule has 0 heterocycles. The number of nitriles is 1. The lowest BCUT2D eigenvalue weighted by molar-refractivity contribution is 0.102. The third-order valence-corrected chi connectivity index (χ3v) is 3.10. The number of nitrogens with zero attached hydrogens (tertiary/aromatic N) is 1. The number of nitrogens with two attached hydrogens (primary N) is 1. The molecule has 20 heavy (non-hydrogen) atoms. The maximum absolute atomic E-state index is 13.2. The molecule has 0 bridgehead atoms. The van der Waals surface area contributed by atoms with Gasteiger partial charge in [0, 0.05) is 10.2 Å². The lowest BCUT2D eigenvalue weighted by Crippen LogP contribution is -2.15. The summed E-state index contributed by atoms with van der Waals surface area (Å²) in [7, 11) is 0. The maximum atomic E-state index is 13.2. The van der Waals surface area contributed by atoms with Crippen LogP contribution in [0.1, 0.15) is 15.9 Å². The van der Waals surface area contributed by atoms with E-state index in [1.165, 1.54) is 12.1 Å². The van der Waals surface area contributed by atoms with Crippen molar-refractivity contribution in [2.75, 3.05) is 11.1 Å². The van der Waals surface area contributed by atoms with Gasteiger partial charge < -0.3 is 11.1 Å². The summed E-state index contributed by atoms with van der Waals surface area (Å²) in [5, 5.41) is 11.5. The molecule has 0 unspecified atom stereocenters. The van der Waals surface area contributed by atoms with Crippen LogP contribution in [-0.4, -0.2) is 5.91 Å². The minimum absolute atomic E-state index is 0.0221. The van der Waals surface area contributed by atoms with E-state index in [-0.39, 0.29) is 11.3 Å². The van der Waals surface area contributed by atoms with Crippen molar-refractivity contribution in [3.05, 3.63) is 57.8 Å². The van der Waals surface area contributed by atoms with E-state index in [2.05, 4.69) is 21.2 Å². The van der Waals surface area contributed by atoms with Crippen LogP contribution in [0, 0.1) is 17.1 Å². The second-order valence-corrected chi connectivity index (χ2v) is 4.90. The second kappa shape index (κ2) is 5.72. The zero-order valence-corrected chi connectivity index (χ0v) is 11.7. The molecule has 0 radical (unpaired) electrons. The summed E-state index contributed by atoms with van der Waals surface area (Å²) in [4.78, 5) is 12.1. The molecule has 4 nitrogen and oxygen atoms in total. The lowest BCUT2D eigenvalue weighted by atomic mass is 10.1. The van der Waals surface area contributed by atoms with Crippen LogP contribution in [-0.2, 0) is 0 Å². The van der Waals surface area contributed by atoms with E-state index in [1.807, 2.05) is 6.07 Å². The fourth-order valence-corrected chi connectivity index (χ4v) is 1.99. The van der Waals surface area contributed by atoms with Gasteiger partial charge in [-0.15, -0.1) is 0 Å². The molecule has 2 rings (SSSR count). The number of rotatable bonds is 2. The van der Waals surface area contributed by atoms with Crippen molar-refractivity contribution in [2.24, 2.45) is 0 Å². The highest BCUT2D eigenvalue weighted by atomic mass is 79.9. The van der Waals surface area contributed by atoms with E-state index < -0.39 is 11.7 Å². The number of benzene rings is 2. The number of nitrogens with one attached hydrogen (secondary N) is 1. The van der Waals surface area contributed by atoms with E-state index in [9.17, 15) is 9.18 Å². The number of amides is 1. The quantitative estimate of drug-likeness (QED) is 0.827. The molecule has 0 saturated carbocycles. The van der Waals surface area contributed by atoms with Crippen molar-refractivity contribution >= 4 is 33.2 Å². The van der Waals surface area contributed by atoms with Crippen molar-refractivity contribution in [1.82, 2.24) is 0 Å². The number of halogens is 2. The Labute approximate surface area is 123 Å². The first-order valence-electron chi connectivity index (χ1n) is 5.57. The summed E-state index contributed by atoms with van der Waals surface area (Å²) in [6.07, 6.45) is 0. The minimum atomic E-state index is -0.573. The molecule has 2 aromatic rings. The molecule has 2 aromatic carbocycles. The average molecular weight is 334 g/mol. The number of nitrogen functional groups attached to an aromatic ring is 1. The molecule has 0 fully saturated rings. The highest BCUT2D eigenvalue weighted by Gasteiger charge is 2.13. The Morgan fingerprint density at radius 3 is 2.75 bits per heavy atom. The topological polar surface area (TPSA) is 78.9 Å². The first-order chi connectivity index (χ1) is 9.51. The molecule has 0 atom stereocenters. The van der Waals surface area contributed by atoms with Crippen molar-refractivity contribution in [3.63, 3.8) is 0 Å². The maximum Gasteiger partial charge on any atom is 0.257 e. The molecule has 0 saturated heterocycles. The predicted molar refractivity (Wildman–Crippen MR) is 77.6 cm³/mol. The Kier molecular flexibility index (Phi) is 4.01. The Hall–Kier alpha value is -2.39. The van der Waals surface area contributed by atoms with Gasteiger partial charge in [-0.25, -0.2) is 4.39 Å². The smallest absolute Gasteiger partial charge is 0.257 e. The molecular weight excluding hydrogens is 325 g/mol. The fourth-order valence-electron chi connectivity index (χ4n) is 1.63. The van der Waals surface area contributed by atoms with Gasteiger partial charge in [-0.3, -0.25) is 4.79 Å². The van der Waals surface area contributed by atoms with Crippen molar-refractivity contribution in [3.8, 4) is 6.07 Å². The van der Waals surface area contributed by atoms with E-state index >= 15 is 0 Å². The molecule has 3 N–H and O–H groups in total. The summed E-state index contributed by atoms with van der Waals surface area (Å²) in [6, 6.07) is 10.3. The Balaban J connectivity index is 2.35. The van der Waals surface area contributed by atoms with Crippen LogP contribution in [0.25, 0.3) is 0 Å². The first-order valence-corrected chi connectivity index (χ1v) is 6.36. The van der Waals surface area contributed by atoms with E-state index in [4.69, 9.17) is 11.0 Å². The Morgan fingerprint density at radius 1 is 1.30 bits per heavy atom. The molecule has 0 aliphatic rings. The van der Waals surface area contributed by atoms with Gasteiger partial charge in [0.15, 0.2) is 0 Å². The van der Waals surface area contributed by atoms with Crippen LogP contribution in [0.3, 0.4) is 0 Å². The fraction of sp³-hybridized carbons (Fsp3) is 0. The predicted octanol–water partition coefficient (Wildman–Crippen LogP) is 3.29. The zero-order valence-electron chi connectivity index (χ0n) is 10.2. The van der Waals surface area contributed by atoms with E-state index in [0.717, 1.165) is 6.07 Å². The van der Waals surface area contributed by atoms with Crippen molar-refractivity contribution in [1.29, 1.82) is 5.26 Å². The lowest BCUT2D eigenvalue weighted by Gasteiger charge is -2.09. The Bertz CT molecular complexity index is 725. The molecular formula is C14H9BrFN3O. The van der Waals surface area contributed by atoms with Gasteiger partial charge in [0.25, 0.3) is 5.91 Å². The Morgan fingerprint density at radius 2 is 2.05 bits per heavy atom. The SMILES string of the molecule is N#Cc1ccc(Br)cc1NC(=O)c1cc(F)ccc1N. The molecule has 0 aliphatic carbocycles. The van der Waals surface area contributed by atoms with Crippen LogP contribution < -0.4 is 11.1 Å². The normalized spacial score (nSPS) is 9.85. The second-order valence-electron chi connectivity index (χ2n) is 3.99. The average Bonchev–Trinajstić information content (AvgIpc) is 2.41. The summed E-state index contributed by atoms with van der Waals surface area (Å²) < 4.78 is 13.9. The number of hydrogen-bond acceptors (Lipinski definition) is 3.